The standard InChI is InChI=1S/C14H13N3/c1-11-4-5-12(8-15)7-14(11)17-10-13-3-2-6-16-9-13/h2-7,9,17H,10H2,1H3. The van der Waals surface area contributed by atoms with Crippen LogP contribution in [0.5, 0.6) is 0 Å². The molecule has 1 heterocycles. The highest BCUT2D eigenvalue weighted by Gasteiger charge is 2.00. The van der Waals surface area contributed by atoms with Gasteiger partial charge in [-0.05, 0) is 36.2 Å². The quantitative estimate of drug-likeness (QED) is 0.870. The minimum atomic E-state index is 0.671. The Morgan fingerprint density at radius 3 is 2.94 bits per heavy atom. The van der Waals surface area contributed by atoms with E-state index in [1.807, 2.05) is 43.5 Å². The highest BCUT2D eigenvalue weighted by Crippen LogP contribution is 2.17. The van der Waals surface area contributed by atoms with Gasteiger partial charge in [-0.25, -0.2) is 0 Å². The summed E-state index contributed by atoms with van der Waals surface area (Å²) in [6, 6.07) is 11.7. The van der Waals surface area contributed by atoms with Crippen molar-refractivity contribution >= 4 is 5.69 Å². The van der Waals surface area contributed by atoms with Crippen molar-refractivity contribution in [1.29, 1.82) is 5.26 Å². The second-order valence-electron chi connectivity index (χ2n) is 3.86. The third kappa shape index (κ3) is 2.82. The van der Waals surface area contributed by atoms with E-state index < -0.39 is 0 Å². The highest BCUT2D eigenvalue weighted by molar-refractivity contribution is 5.55. The van der Waals surface area contributed by atoms with Crippen LogP contribution in [0.4, 0.5) is 5.69 Å². The molecule has 0 saturated carbocycles. The van der Waals surface area contributed by atoms with Crippen molar-refractivity contribution in [2.24, 2.45) is 0 Å². The van der Waals surface area contributed by atoms with E-state index in [0.717, 1.165) is 16.8 Å². The maximum Gasteiger partial charge on any atom is 0.0992 e. The van der Waals surface area contributed by atoms with Crippen LogP contribution in [0.2, 0.25) is 0 Å². The molecule has 0 aliphatic heterocycles. The van der Waals surface area contributed by atoms with Gasteiger partial charge >= 0.3 is 0 Å². The molecule has 0 atom stereocenters. The third-order valence-corrected chi connectivity index (χ3v) is 2.57. The van der Waals surface area contributed by atoms with E-state index in [-0.39, 0.29) is 0 Å². The fourth-order valence-electron chi connectivity index (χ4n) is 1.58. The van der Waals surface area contributed by atoms with Gasteiger partial charge < -0.3 is 5.32 Å². The molecule has 1 aromatic carbocycles. The average molecular weight is 223 g/mol. The number of rotatable bonds is 3. The first-order valence-corrected chi connectivity index (χ1v) is 5.43. The molecule has 3 heteroatoms. The summed E-state index contributed by atoms with van der Waals surface area (Å²) >= 11 is 0. The molecule has 0 saturated heterocycles. The van der Waals surface area contributed by atoms with Crippen molar-refractivity contribution in [2.45, 2.75) is 13.5 Å². The predicted molar refractivity (Wildman–Crippen MR) is 67.5 cm³/mol. The Bertz CT molecular complexity index is 541. The molecule has 0 spiro atoms. The van der Waals surface area contributed by atoms with Gasteiger partial charge in [-0.2, -0.15) is 5.26 Å². The summed E-state index contributed by atoms with van der Waals surface area (Å²) in [6.07, 6.45) is 3.58. The minimum absolute atomic E-state index is 0.671. The van der Waals surface area contributed by atoms with Crippen molar-refractivity contribution in [3.05, 3.63) is 59.4 Å². The number of aryl methyl sites for hydroxylation is 1. The van der Waals surface area contributed by atoms with Gasteiger partial charge in [0, 0.05) is 24.6 Å². The molecule has 84 valence electrons. The summed E-state index contributed by atoms with van der Waals surface area (Å²) in [5, 5.41) is 12.2. The molecule has 0 unspecified atom stereocenters. The van der Waals surface area contributed by atoms with E-state index in [2.05, 4.69) is 16.4 Å². The highest BCUT2D eigenvalue weighted by atomic mass is 14.9. The molecule has 1 N–H and O–H groups in total. The number of pyridine rings is 1. The summed E-state index contributed by atoms with van der Waals surface area (Å²) in [6.45, 7) is 2.73. The molecular weight excluding hydrogens is 210 g/mol. The Morgan fingerprint density at radius 2 is 2.24 bits per heavy atom. The fraction of sp³-hybridized carbons (Fsp3) is 0.143. The minimum Gasteiger partial charge on any atom is -0.381 e. The molecule has 1 aromatic heterocycles. The zero-order valence-electron chi connectivity index (χ0n) is 9.64. The van der Waals surface area contributed by atoms with Crippen molar-refractivity contribution < 1.29 is 0 Å². The van der Waals surface area contributed by atoms with Gasteiger partial charge in [0.15, 0.2) is 0 Å². The van der Waals surface area contributed by atoms with Gasteiger partial charge in [0.05, 0.1) is 11.6 Å². The van der Waals surface area contributed by atoms with Crippen LogP contribution in [-0.2, 0) is 6.54 Å². The van der Waals surface area contributed by atoms with Crippen LogP contribution in [0.3, 0.4) is 0 Å². The van der Waals surface area contributed by atoms with Crippen LogP contribution in [0.1, 0.15) is 16.7 Å². The summed E-state index contributed by atoms with van der Waals surface area (Å²) in [5.41, 5.74) is 3.92. The number of hydrogen-bond acceptors (Lipinski definition) is 3. The van der Waals surface area contributed by atoms with Crippen LogP contribution in [0, 0.1) is 18.3 Å². The first kappa shape index (κ1) is 11.2. The maximum absolute atomic E-state index is 8.85. The Morgan fingerprint density at radius 1 is 1.35 bits per heavy atom. The van der Waals surface area contributed by atoms with E-state index in [4.69, 9.17) is 5.26 Å². The molecule has 0 fully saturated rings. The Hall–Kier alpha value is -2.34. The van der Waals surface area contributed by atoms with Gasteiger partial charge in [0.1, 0.15) is 0 Å². The Balaban J connectivity index is 2.12. The molecule has 2 rings (SSSR count). The fourth-order valence-corrected chi connectivity index (χ4v) is 1.58. The number of benzene rings is 1. The van der Waals surface area contributed by atoms with E-state index in [9.17, 15) is 0 Å². The molecule has 0 bridgehead atoms. The van der Waals surface area contributed by atoms with Crippen molar-refractivity contribution in [2.75, 3.05) is 5.32 Å². The molecular formula is C14H13N3. The zero-order valence-corrected chi connectivity index (χ0v) is 9.64. The zero-order chi connectivity index (χ0) is 12.1. The van der Waals surface area contributed by atoms with Crippen LogP contribution in [-0.4, -0.2) is 4.98 Å². The lowest BCUT2D eigenvalue weighted by Gasteiger charge is -2.09. The van der Waals surface area contributed by atoms with Crippen LogP contribution in [0.25, 0.3) is 0 Å². The van der Waals surface area contributed by atoms with Crippen molar-refractivity contribution in [3.63, 3.8) is 0 Å². The lowest BCUT2D eigenvalue weighted by molar-refractivity contribution is 1.11. The summed E-state index contributed by atoms with van der Waals surface area (Å²) in [7, 11) is 0. The molecule has 0 radical (unpaired) electrons. The number of aromatic nitrogens is 1. The largest absolute Gasteiger partial charge is 0.381 e. The second kappa shape index (κ2) is 5.13. The first-order valence-electron chi connectivity index (χ1n) is 5.43. The SMILES string of the molecule is Cc1ccc(C#N)cc1NCc1cccnc1. The molecule has 0 amide bonds. The van der Waals surface area contributed by atoms with Gasteiger partial charge in [0.25, 0.3) is 0 Å². The van der Waals surface area contributed by atoms with Crippen LogP contribution < -0.4 is 5.32 Å². The van der Waals surface area contributed by atoms with Gasteiger partial charge in [-0.1, -0.05) is 12.1 Å². The lowest BCUT2D eigenvalue weighted by Crippen LogP contribution is -2.01. The summed E-state index contributed by atoms with van der Waals surface area (Å²) in [4.78, 5) is 4.06. The second-order valence-corrected chi connectivity index (χ2v) is 3.86. The molecule has 3 nitrogen and oxygen atoms in total. The number of nitrogens with one attached hydrogen (secondary N) is 1. The molecule has 0 aliphatic rings. The van der Waals surface area contributed by atoms with E-state index in [1.165, 1.54) is 0 Å². The Kier molecular flexibility index (Phi) is 3.37. The molecule has 17 heavy (non-hydrogen) atoms. The lowest BCUT2D eigenvalue weighted by atomic mass is 10.1. The van der Waals surface area contributed by atoms with Crippen LogP contribution >= 0.6 is 0 Å². The van der Waals surface area contributed by atoms with Crippen molar-refractivity contribution in [1.82, 2.24) is 4.98 Å². The van der Waals surface area contributed by atoms with Gasteiger partial charge in [-0.15, -0.1) is 0 Å². The van der Waals surface area contributed by atoms with E-state index >= 15 is 0 Å². The smallest absolute Gasteiger partial charge is 0.0992 e. The number of nitrogens with zero attached hydrogens (tertiary/aromatic N) is 2. The van der Waals surface area contributed by atoms with Crippen molar-refractivity contribution in [3.8, 4) is 6.07 Å². The van der Waals surface area contributed by atoms with Crippen LogP contribution in [0.15, 0.2) is 42.7 Å². The molecule has 0 aliphatic carbocycles. The maximum atomic E-state index is 8.85. The summed E-state index contributed by atoms with van der Waals surface area (Å²) < 4.78 is 0. The number of anilines is 1. The Labute approximate surface area is 101 Å². The molecule has 2 aromatic rings. The summed E-state index contributed by atoms with van der Waals surface area (Å²) in [5.74, 6) is 0. The van der Waals surface area contributed by atoms with Gasteiger partial charge in [-0.3, -0.25) is 4.98 Å². The van der Waals surface area contributed by atoms with E-state index in [0.29, 0.717) is 12.1 Å². The average Bonchev–Trinajstić information content (AvgIpc) is 2.39. The first-order chi connectivity index (χ1) is 8.29. The van der Waals surface area contributed by atoms with E-state index in [1.54, 1.807) is 6.20 Å². The third-order valence-electron chi connectivity index (χ3n) is 2.57. The topological polar surface area (TPSA) is 48.7 Å². The predicted octanol–water partition coefficient (Wildman–Crippen LogP) is 2.87. The normalized spacial score (nSPS) is 9.65. The van der Waals surface area contributed by atoms with Gasteiger partial charge in [0.2, 0.25) is 0 Å². The monoisotopic (exact) mass is 223 g/mol. The number of hydrogen-bond donors (Lipinski definition) is 1. The number of nitriles is 1.